The molecule has 0 N–H and O–H groups in total. The fourth-order valence-corrected chi connectivity index (χ4v) is 6.57. The lowest BCUT2D eigenvalue weighted by atomic mass is 9.59. The number of carbonyl (C=O) groups is 1. The zero-order chi connectivity index (χ0) is 19.9. The lowest BCUT2D eigenvalue weighted by molar-refractivity contribution is -0.186. The first kappa shape index (κ1) is 19.9. The van der Waals surface area contributed by atoms with Crippen molar-refractivity contribution < 1.29 is 13.2 Å². The third-order valence-corrected chi connectivity index (χ3v) is 8.87. The first-order valence-corrected chi connectivity index (χ1v) is 11.8. The van der Waals surface area contributed by atoms with Gasteiger partial charge < -0.3 is 4.90 Å². The molecule has 0 bridgehead atoms. The molecule has 2 heterocycles. The second kappa shape index (κ2) is 7.43. The Balaban J connectivity index is 1.55. The SMILES string of the molecule is CN(C)S(=O)(=O)N1CCC(N2C(=O)C3(CCCCC3)C2c2ccccc2)CC1. The number of amides is 1. The van der Waals surface area contributed by atoms with Crippen LogP contribution in [0.25, 0.3) is 0 Å². The van der Waals surface area contributed by atoms with Gasteiger partial charge in [-0.1, -0.05) is 49.6 Å². The van der Waals surface area contributed by atoms with Crippen LogP contribution in [-0.2, 0) is 15.0 Å². The third-order valence-electron chi connectivity index (χ3n) is 6.93. The molecule has 1 atom stereocenters. The monoisotopic (exact) mass is 405 g/mol. The lowest BCUT2D eigenvalue weighted by Gasteiger charge is -2.61. The van der Waals surface area contributed by atoms with Crippen LogP contribution in [0.15, 0.2) is 30.3 Å². The Hall–Kier alpha value is -1.44. The predicted octanol–water partition coefficient (Wildman–Crippen LogP) is 2.79. The predicted molar refractivity (Wildman–Crippen MR) is 109 cm³/mol. The molecule has 1 saturated carbocycles. The summed E-state index contributed by atoms with van der Waals surface area (Å²) in [7, 11) is -0.245. The molecular formula is C21H31N3O3S. The van der Waals surface area contributed by atoms with Crippen molar-refractivity contribution in [1.29, 1.82) is 0 Å². The van der Waals surface area contributed by atoms with E-state index in [1.807, 2.05) is 6.07 Å². The van der Waals surface area contributed by atoms with Gasteiger partial charge in [-0.3, -0.25) is 4.79 Å². The summed E-state index contributed by atoms with van der Waals surface area (Å²) in [5.74, 6) is 0.301. The average molecular weight is 406 g/mol. The molecule has 2 saturated heterocycles. The standard InChI is InChI=1S/C21H31N3O3S/c1-22(2)28(26,27)23-15-11-18(12-16-23)24-19(17-9-5-3-6-10-17)21(20(24)25)13-7-4-8-14-21/h3,5-6,9-10,18-19H,4,7-8,11-16H2,1-2H3. The first-order valence-electron chi connectivity index (χ1n) is 10.4. The van der Waals surface area contributed by atoms with Gasteiger partial charge in [0.05, 0.1) is 11.5 Å². The Morgan fingerprint density at radius 2 is 1.61 bits per heavy atom. The largest absolute Gasteiger partial charge is 0.331 e. The summed E-state index contributed by atoms with van der Waals surface area (Å²) in [4.78, 5) is 15.5. The molecule has 3 fully saturated rings. The maximum atomic E-state index is 13.4. The minimum atomic E-state index is -3.38. The van der Waals surface area contributed by atoms with E-state index in [0.29, 0.717) is 31.8 Å². The minimum absolute atomic E-state index is 0.124. The molecule has 1 aromatic carbocycles. The highest BCUT2D eigenvalue weighted by Gasteiger charge is 2.62. The van der Waals surface area contributed by atoms with Crippen molar-refractivity contribution in [2.45, 2.75) is 57.0 Å². The van der Waals surface area contributed by atoms with Crippen molar-refractivity contribution in [3.8, 4) is 0 Å². The average Bonchev–Trinajstić information content (AvgIpc) is 2.72. The smallest absolute Gasteiger partial charge is 0.281 e. The van der Waals surface area contributed by atoms with Crippen LogP contribution >= 0.6 is 0 Å². The van der Waals surface area contributed by atoms with E-state index in [0.717, 1.165) is 25.7 Å². The zero-order valence-corrected chi connectivity index (χ0v) is 17.7. The van der Waals surface area contributed by atoms with Crippen LogP contribution in [0, 0.1) is 5.41 Å². The number of likely N-dealkylation sites (tertiary alicyclic amines) is 1. The van der Waals surface area contributed by atoms with Crippen molar-refractivity contribution in [3.05, 3.63) is 35.9 Å². The van der Waals surface area contributed by atoms with Crippen LogP contribution in [0.3, 0.4) is 0 Å². The highest BCUT2D eigenvalue weighted by molar-refractivity contribution is 7.86. The maximum Gasteiger partial charge on any atom is 0.281 e. The number of hydrogen-bond donors (Lipinski definition) is 0. The summed E-state index contributed by atoms with van der Waals surface area (Å²) in [6, 6.07) is 10.7. The molecule has 0 radical (unpaired) electrons. The lowest BCUT2D eigenvalue weighted by Crippen LogP contribution is -2.68. The summed E-state index contributed by atoms with van der Waals surface area (Å²) in [5, 5.41) is 0. The van der Waals surface area contributed by atoms with E-state index in [1.165, 1.54) is 16.3 Å². The Morgan fingerprint density at radius 3 is 2.18 bits per heavy atom. The van der Waals surface area contributed by atoms with Gasteiger partial charge in [-0.15, -0.1) is 0 Å². The number of piperidine rings is 1. The summed E-state index contributed by atoms with van der Waals surface area (Å²) in [6.07, 6.45) is 6.85. The maximum absolute atomic E-state index is 13.4. The van der Waals surface area contributed by atoms with Gasteiger partial charge in [-0.2, -0.15) is 17.0 Å². The Kier molecular flexibility index (Phi) is 5.27. The van der Waals surface area contributed by atoms with E-state index in [9.17, 15) is 13.2 Å². The molecule has 28 heavy (non-hydrogen) atoms. The molecule has 6 nitrogen and oxygen atoms in total. The number of nitrogens with zero attached hydrogens (tertiary/aromatic N) is 3. The minimum Gasteiger partial charge on any atom is -0.331 e. The van der Waals surface area contributed by atoms with Gasteiger partial charge >= 0.3 is 0 Å². The number of benzene rings is 1. The Morgan fingerprint density at radius 1 is 1.00 bits per heavy atom. The van der Waals surface area contributed by atoms with E-state index in [4.69, 9.17) is 0 Å². The van der Waals surface area contributed by atoms with Crippen LogP contribution in [-0.4, -0.2) is 61.1 Å². The quantitative estimate of drug-likeness (QED) is 0.724. The molecule has 1 unspecified atom stereocenters. The van der Waals surface area contributed by atoms with Crippen molar-refractivity contribution in [2.24, 2.45) is 5.41 Å². The van der Waals surface area contributed by atoms with E-state index in [-0.39, 0.29) is 17.5 Å². The van der Waals surface area contributed by atoms with Gasteiger partial charge in [0, 0.05) is 33.2 Å². The fraction of sp³-hybridized carbons (Fsp3) is 0.667. The molecular weight excluding hydrogens is 374 g/mol. The van der Waals surface area contributed by atoms with Gasteiger partial charge in [0.1, 0.15) is 0 Å². The summed E-state index contributed by atoms with van der Waals surface area (Å²) in [6.45, 7) is 0.951. The molecule has 0 aromatic heterocycles. The number of β-lactam (4-membered cyclic amide) rings is 1. The fourth-order valence-electron chi connectivity index (χ4n) is 5.44. The number of rotatable bonds is 4. The van der Waals surface area contributed by atoms with E-state index in [1.54, 1.807) is 18.4 Å². The van der Waals surface area contributed by atoms with Crippen molar-refractivity contribution in [2.75, 3.05) is 27.2 Å². The summed E-state index contributed by atoms with van der Waals surface area (Å²) >= 11 is 0. The van der Waals surface area contributed by atoms with Gasteiger partial charge in [0.2, 0.25) is 5.91 Å². The second-order valence-electron chi connectivity index (χ2n) is 8.66. The van der Waals surface area contributed by atoms with Crippen LogP contribution in [0.5, 0.6) is 0 Å². The summed E-state index contributed by atoms with van der Waals surface area (Å²) in [5.41, 5.74) is 0.999. The van der Waals surface area contributed by atoms with Crippen LogP contribution in [0.2, 0.25) is 0 Å². The number of hydrogen-bond acceptors (Lipinski definition) is 3. The molecule has 3 aliphatic rings. The van der Waals surface area contributed by atoms with Gasteiger partial charge in [-0.25, -0.2) is 0 Å². The molecule has 1 aromatic rings. The Bertz CT molecular complexity index is 811. The van der Waals surface area contributed by atoms with Crippen LogP contribution in [0.1, 0.15) is 56.6 Å². The molecule has 1 aliphatic carbocycles. The normalized spacial score (nSPS) is 26.6. The van der Waals surface area contributed by atoms with E-state index >= 15 is 0 Å². The topological polar surface area (TPSA) is 60.9 Å². The highest BCUT2D eigenvalue weighted by atomic mass is 32.2. The Labute approximate surface area is 168 Å². The molecule has 154 valence electrons. The summed E-state index contributed by atoms with van der Waals surface area (Å²) < 4.78 is 27.6. The van der Waals surface area contributed by atoms with Gasteiger partial charge in [-0.05, 0) is 31.2 Å². The van der Waals surface area contributed by atoms with Crippen molar-refractivity contribution in [3.63, 3.8) is 0 Å². The molecule has 2 aliphatic heterocycles. The number of carbonyl (C=O) groups excluding carboxylic acids is 1. The second-order valence-corrected chi connectivity index (χ2v) is 10.8. The zero-order valence-electron chi connectivity index (χ0n) is 16.9. The van der Waals surface area contributed by atoms with E-state index in [2.05, 4.69) is 29.2 Å². The van der Waals surface area contributed by atoms with Gasteiger partial charge in [0.15, 0.2) is 0 Å². The molecule has 1 amide bonds. The highest BCUT2D eigenvalue weighted by Crippen LogP contribution is 2.59. The van der Waals surface area contributed by atoms with Crippen LogP contribution in [0.4, 0.5) is 0 Å². The third kappa shape index (κ3) is 3.08. The van der Waals surface area contributed by atoms with Crippen molar-refractivity contribution >= 4 is 16.1 Å². The van der Waals surface area contributed by atoms with Crippen LogP contribution < -0.4 is 0 Å². The van der Waals surface area contributed by atoms with Crippen molar-refractivity contribution in [1.82, 2.24) is 13.5 Å². The van der Waals surface area contributed by atoms with Gasteiger partial charge in [0.25, 0.3) is 10.2 Å². The molecule has 1 spiro atoms. The van der Waals surface area contributed by atoms with E-state index < -0.39 is 10.2 Å². The molecule has 4 rings (SSSR count). The first-order chi connectivity index (χ1) is 13.4. The molecule has 7 heteroatoms.